The van der Waals surface area contributed by atoms with Crippen LogP contribution < -0.4 is 5.43 Å². The second-order valence-electron chi connectivity index (χ2n) is 4.12. The summed E-state index contributed by atoms with van der Waals surface area (Å²) in [5.41, 5.74) is 5.21. The summed E-state index contributed by atoms with van der Waals surface area (Å²) in [6.07, 6.45) is 0. The fraction of sp³-hybridized carbons (Fsp3) is 0.0714. The van der Waals surface area contributed by atoms with Gasteiger partial charge in [-0.25, -0.2) is 0 Å². The van der Waals surface area contributed by atoms with Crippen molar-refractivity contribution in [3.05, 3.63) is 68.7 Å². The predicted octanol–water partition coefficient (Wildman–Crippen LogP) is 4.19. The van der Waals surface area contributed by atoms with Crippen LogP contribution in [-0.4, -0.2) is 10.6 Å². The molecule has 0 aromatic heterocycles. The van der Waals surface area contributed by atoms with E-state index in [1.54, 1.807) is 12.1 Å². The molecule has 0 aliphatic rings. The lowest BCUT2D eigenvalue weighted by Crippen LogP contribution is -1.99. The van der Waals surface area contributed by atoms with Crippen LogP contribution in [0.15, 0.2) is 58.1 Å². The molecule has 2 aromatic carbocycles. The van der Waals surface area contributed by atoms with Gasteiger partial charge in [0.05, 0.1) is 16.3 Å². The molecule has 0 aliphatic heterocycles. The molecule has 0 radical (unpaired) electrons. The zero-order chi connectivity index (χ0) is 14.5. The first-order valence-corrected chi connectivity index (χ1v) is 6.66. The maximum absolute atomic E-state index is 10.7. The van der Waals surface area contributed by atoms with Crippen LogP contribution in [0, 0.1) is 10.1 Å². The summed E-state index contributed by atoms with van der Waals surface area (Å²) in [5.74, 6) is 0. The number of rotatable bonds is 4. The van der Waals surface area contributed by atoms with Crippen molar-refractivity contribution in [1.82, 2.24) is 0 Å². The van der Waals surface area contributed by atoms with E-state index < -0.39 is 4.92 Å². The maximum Gasteiger partial charge on any atom is 0.271 e. The third kappa shape index (κ3) is 3.64. The Hall–Kier alpha value is -2.21. The smallest absolute Gasteiger partial charge is 0.271 e. The lowest BCUT2D eigenvalue weighted by Gasteiger charge is -2.04. The highest BCUT2D eigenvalue weighted by molar-refractivity contribution is 9.10. The Morgan fingerprint density at radius 1 is 1.25 bits per heavy atom. The SMILES string of the molecule is C/C(=N\Nc1cccc([N+](=O)[O-])c1)c1ccc(Br)cc1. The van der Waals surface area contributed by atoms with Gasteiger partial charge < -0.3 is 0 Å². The Morgan fingerprint density at radius 3 is 2.60 bits per heavy atom. The van der Waals surface area contributed by atoms with Gasteiger partial charge in [0.25, 0.3) is 5.69 Å². The van der Waals surface area contributed by atoms with Crippen LogP contribution in [0.25, 0.3) is 0 Å². The standard InChI is InChI=1S/C14H12BrN3O2/c1-10(11-5-7-12(15)8-6-11)16-17-13-3-2-4-14(9-13)18(19)20/h2-9,17H,1H3/b16-10+. The monoisotopic (exact) mass is 333 g/mol. The lowest BCUT2D eigenvalue weighted by atomic mass is 10.1. The van der Waals surface area contributed by atoms with Gasteiger partial charge >= 0.3 is 0 Å². The molecule has 0 saturated heterocycles. The van der Waals surface area contributed by atoms with Crippen LogP contribution in [0.4, 0.5) is 11.4 Å². The van der Waals surface area contributed by atoms with Crippen LogP contribution in [0.2, 0.25) is 0 Å². The minimum atomic E-state index is -0.434. The van der Waals surface area contributed by atoms with E-state index in [4.69, 9.17) is 0 Å². The number of anilines is 1. The van der Waals surface area contributed by atoms with Gasteiger partial charge in [0.1, 0.15) is 0 Å². The molecule has 0 unspecified atom stereocenters. The average Bonchev–Trinajstić information content (AvgIpc) is 2.46. The molecule has 0 bridgehead atoms. The third-order valence-electron chi connectivity index (χ3n) is 2.67. The minimum absolute atomic E-state index is 0.0338. The van der Waals surface area contributed by atoms with Gasteiger partial charge in [-0.1, -0.05) is 34.1 Å². The molecule has 5 nitrogen and oxygen atoms in total. The van der Waals surface area contributed by atoms with E-state index in [0.29, 0.717) is 5.69 Å². The van der Waals surface area contributed by atoms with E-state index in [1.165, 1.54) is 12.1 Å². The van der Waals surface area contributed by atoms with Crippen molar-refractivity contribution < 1.29 is 4.92 Å². The number of non-ortho nitro benzene ring substituents is 1. The van der Waals surface area contributed by atoms with Crippen molar-refractivity contribution >= 4 is 33.0 Å². The van der Waals surface area contributed by atoms with E-state index in [-0.39, 0.29) is 5.69 Å². The van der Waals surface area contributed by atoms with Crippen molar-refractivity contribution in [1.29, 1.82) is 0 Å². The van der Waals surface area contributed by atoms with Gasteiger partial charge in [-0.05, 0) is 30.7 Å². The number of hydrazone groups is 1. The topological polar surface area (TPSA) is 67.5 Å². The molecule has 0 atom stereocenters. The van der Waals surface area contributed by atoms with Crippen LogP contribution in [0.3, 0.4) is 0 Å². The van der Waals surface area contributed by atoms with E-state index >= 15 is 0 Å². The van der Waals surface area contributed by atoms with Crippen molar-refractivity contribution in [2.45, 2.75) is 6.92 Å². The molecule has 0 amide bonds. The molecule has 0 fully saturated rings. The molecular weight excluding hydrogens is 322 g/mol. The summed E-state index contributed by atoms with van der Waals surface area (Å²) in [7, 11) is 0. The van der Waals surface area contributed by atoms with Crippen LogP contribution >= 0.6 is 15.9 Å². The summed E-state index contributed by atoms with van der Waals surface area (Å²) in [6, 6.07) is 14.0. The number of nitrogens with zero attached hydrogens (tertiary/aromatic N) is 2. The summed E-state index contributed by atoms with van der Waals surface area (Å²) in [4.78, 5) is 10.2. The van der Waals surface area contributed by atoms with Gasteiger partial charge in [0, 0.05) is 16.6 Å². The van der Waals surface area contributed by atoms with Crippen LogP contribution in [-0.2, 0) is 0 Å². The summed E-state index contributed by atoms with van der Waals surface area (Å²) < 4.78 is 1.00. The van der Waals surface area contributed by atoms with Gasteiger partial charge in [-0.3, -0.25) is 15.5 Å². The summed E-state index contributed by atoms with van der Waals surface area (Å²) in [5, 5.41) is 14.9. The first-order valence-electron chi connectivity index (χ1n) is 5.87. The van der Waals surface area contributed by atoms with Crippen molar-refractivity contribution in [2.75, 3.05) is 5.43 Å². The largest absolute Gasteiger partial charge is 0.278 e. The molecule has 6 heteroatoms. The number of hydrogen-bond acceptors (Lipinski definition) is 4. The molecule has 0 aliphatic carbocycles. The number of benzene rings is 2. The van der Waals surface area contributed by atoms with Crippen molar-refractivity contribution in [3.8, 4) is 0 Å². The summed E-state index contributed by atoms with van der Waals surface area (Å²) >= 11 is 3.37. The maximum atomic E-state index is 10.7. The Balaban J connectivity index is 2.14. The normalized spacial score (nSPS) is 11.2. The van der Waals surface area contributed by atoms with E-state index in [2.05, 4.69) is 26.5 Å². The highest BCUT2D eigenvalue weighted by Crippen LogP contribution is 2.17. The van der Waals surface area contributed by atoms with Gasteiger partial charge in [0.2, 0.25) is 0 Å². The Kier molecular flexibility index (Phi) is 4.47. The van der Waals surface area contributed by atoms with Crippen LogP contribution in [0.1, 0.15) is 12.5 Å². The molecular formula is C14H12BrN3O2. The quantitative estimate of drug-likeness (QED) is 0.518. The average molecular weight is 334 g/mol. The van der Waals surface area contributed by atoms with Gasteiger partial charge in [-0.15, -0.1) is 0 Å². The zero-order valence-corrected chi connectivity index (χ0v) is 12.3. The molecule has 102 valence electrons. The summed E-state index contributed by atoms with van der Waals surface area (Å²) in [6.45, 7) is 1.87. The molecule has 1 N–H and O–H groups in total. The number of nitro benzene ring substituents is 1. The Labute approximate surface area is 124 Å². The lowest BCUT2D eigenvalue weighted by molar-refractivity contribution is -0.384. The molecule has 0 spiro atoms. The first-order chi connectivity index (χ1) is 9.56. The third-order valence-corrected chi connectivity index (χ3v) is 3.20. The van der Waals surface area contributed by atoms with Crippen LogP contribution in [0.5, 0.6) is 0 Å². The molecule has 2 rings (SSSR count). The number of nitrogens with one attached hydrogen (secondary N) is 1. The minimum Gasteiger partial charge on any atom is -0.278 e. The fourth-order valence-corrected chi connectivity index (χ4v) is 1.86. The van der Waals surface area contributed by atoms with E-state index in [0.717, 1.165) is 15.7 Å². The highest BCUT2D eigenvalue weighted by atomic mass is 79.9. The number of halogens is 1. The molecule has 0 saturated carbocycles. The Bertz CT molecular complexity index is 654. The zero-order valence-electron chi connectivity index (χ0n) is 10.7. The predicted molar refractivity (Wildman–Crippen MR) is 83.1 cm³/mol. The van der Waals surface area contributed by atoms with Crippen molar-refractivity contribution in [3.63, 3.8) is 0 Å². The van der Waals surface area contributed by atoms with Gasteiger partial charge in [0.15, 0.2) is 0 Å². The molecule has 0 heterocycles. The Morgan fingerprint density at radius 2 is 1.95 bits per heavy atom. The number of hydrogen-bond donors (Lipinski definition) is 1. The van der Waals surface area contributed by atoms with Gasteiger partial charge in [-0.2, -0.15) is 5.10 Å². The molecule has 2 aromatic rings. The molecule has 20 heavy (non-hydrogen) atoms. The second-order valence-corrected chi connectivity index (χ2v) is 5.04. The van der Waals surface area contributed by atoms with Crippen molar-refractivity contribution in [2.24, 2.45) is 5.10 Å². The highest BCUT2D eigenvalue weighted by Gasteiger charge is 2.05. The second kappa shape index (κ2) is 6.29. The van der Waals surface area contributed by atoms with E-state index in [1.807, 2.05) is 31.2 Å². The first kappa shape index (κ1) is 14.2. The number of nitro groups is 1. The fourth-order valence-electron chi connectivity index (χ4n) is 1.59. The van der Waals surface area contributed by atoms with E-state index in [9.17, 15) is 10.1 Å².